The minimum absolute atomic E-state index is 0.0441. The van der Waals surface area contributed by atoms with Crippen molar-refractivity contribution in [3.8, 4) is 0 Å². The average molecular weight is 432 g/mol. The van der Waals surface area contributed by atoms with Crippen LogP contribution in [0.1, 0.15) is 15.9 Å². The Balaban J connectivity index is 1.83. The third-order valence-electron chi connectivity index (χ3n) is 3.52. The fourth-order valence-corrected chi connectivity index (χ4v) is 4.92. The fraction of sp³-hybridized carbons (Fsp3) is 0.118. The number of halogens is 3. The molecular weight excluding hydrogens is 420 g/mol. The average Bonchev–Trinajstić information content (AvgIpc) is 2.83. The third kappa shape index (κ3) is 3.60. The molecule has 23 heavy (non-hydrogen) atoms. The van der Waals surface area contributed by atoms with Gasteiger partial charge in [-0.25, -0.2) is 0 Å². The van der Waals surface area contributed by atoms with Crippen LogP contribution in [0.2, 0.25) is 0 Å². The number of hydrogen-bond acceptors (Lipinski definition) is 2. The Morgan fingerprint density at radius 1 is 1.09 bits per heavy atom. The normalized spacial score (nSPS) is 15.8. The van der Waals surface area contributed by atoms with E-state index in [1.54, 1.807) is 30.3 Å². The number of anilines is 1. The summed E-state index contributed by atoms with van der Waals surface area (Å²) in [5, 5.41) is 0. The number of ketones is 1. The Labute approximate surface area is 156 Å². The molecule has 1 aliphatic heterocycles. The molecule has 0 saturated carbocycles. The fourth-order valence-electron chi connectivity index (χ4n) is 2.27. The first kappa shape index (κ1) is 16.9. The summed E-state index contributed by atoms with van der Waals surface area (Å²) < 4.78 is 0.846. The Kier molecular flexibility index (Phi) is 4.77. The van der Waals surface area contributed by atoms with Crippen LogP contribution < -0.4 is 9.36 Å². The van der Waals surface area contributed by atoms with Gasteiger partial charge < -0.3 is 0 Å². The van der Waals surface area contributed by atoms with Crippen LogP contribution in [-0.4, -0.2) is 27.8 Å². The molecule has 0 radical (unpaired) electrons. The van der Waals surface area contributed by atoms with E-state index < -0.39 is 3.79 Å². The molecule has 0 atom stereocenters. The van der Waals surface area contributed by atoms with Crippen LogP contribution in [0, 0.1) is 0 Å². The van der Waals surface area contributed by atoms with Gasteiger partial charge >= 0.3 is 157 Å². The molecule has 2 aromatic rings. The van der Waals surface area contributed by atoms with Crippen molar-refractivity contribution in [2.75, 3.05) is 11.9 Å². The molecule has 0 N–H and O–H groups in total. The zero-order chi connectivity index (χ0) is 16.6. The molecule has 0 fully saturated rings. The second-order valence-corrected chi connectivity index (χ2v) is 9.56. The number of rotatable bonds is 2. The standard InChI is InChI=1S/C17H12Cl3NOSe/c1-21-13-4-2-3-5-15(13)23-16(21)10-14(22)11-6-8-12(9-7-11)17(18,19)20/h2-10H,1H3. The summed E-state index contributed by atoms with van der Waals surface area (Å²) in [6, 6.07) is 14.9. The van der Waals surface area contributed by atoms with Crippen LogP contribution in [-0.2, 0) is 3.79 Å². The minimum atomic E-state index is -1.48. The molecule has 2 aromatic carbocycles. The molecule has 1 aliphatic rings. The number of fused-ring (bicyclic) bond motifs is 1. The second kappa shape index (κ2) is 6.51. The van der Waals surface area contributed by atoms with Gasteiger partial charge in [0, 0.05) is 0 Å². The monoisotopic (exact) mass is 431 g/mol. The number of hydrogen-bond donors (Lipinski definition) is 0. The Morgan fingerprint density at radius 3 is 2.35 bits per heavy atom. The van der Waals surface area contributed by atoms with Gasteiger partial charge in [-0.3, -0.25) is 0 Å². The third-order valence-corrected chi connectivity index (χ3v) is 6.62. The Bertz CT molecular complexity index is 781. The summed E-state index contributed by atoms with van der Waals surface area (Å²) in [4.78, 5) is 14.5. The first-order valence-corrected chi connectivity index (χ1v) is 9.65. The SMILES string of the molecule is CN1C(=CC(=O)c2ccc(C(Cl)(Cl)Cl)cc2)[Se]c2ccccc21. The van der Waals surface area contributed by atoms with Gasteiger partial charge in [-0.1, -0.05) is 0 Å². The quantitative estimate of drug-likeness (QED) is 0.310. The van der Waals surface area contributed by atoms with Crippen LogP contribution >= 0.6 is 34.8 Å². The number of para-hydroxylation sites is 1. The summed E-state index contributed by atoms with van der Waals surface area (Å²) in [6.07, 6.45) is 1.70. The summed E-state index contributed by atoms with van der Waals surface area (Å²) in [6.45, 7) is 0. The predicted octanol–water partition coefficient (Wildman–Crippen LogP) is 4.02. The zero-order valence-electron chi connectivity index (χ0n) is 12.1. The first-order valence-electron chi connectivity index (χ1n) is 6.80. The number of benzene rings is 2. The number of nitrogens with zero attached hydrogens (tertiary/aromatic N) is 1. The van der Waals surface area contributed by atoms with Gasteiger partial charge in [-0.15, -0.1) is 0 Å². The number of alkyl halides is 3. The molecule has 6 heteroatoms. The van der Waals surface area contributed by atoms with Crippen LogP contribution in [0.25, 0.3) is 0 Å². The molecule has 0 spiro atoms. The molecule has 0 unspecified atom stereocenters. The molecule has 0 amide bonds. The summed E-state index contributed by atoms with van der Waals surface area (Å²) >= 11 is 17.6. The molecule has 0 aromatic heterocycles. The molecule has 1 heterocycles. The van der Waals surface area contributed by atoms with E-state index in [0.717, 1.165) is 10.3 Å². The topological polar surface area (TPSA) is 20.3 Å². The van der Waals surface area contributed by atoms with Crippen molar-refractivity contribution in [3.63, 3.8) is 0 Å². The van der Waals surface area contributed by atoms with Crippen molar-refractivity contribution in [1.82, 2.24) is 0 Å². The summed E-state index contributed by atoms with van der Waals surface area (Å²) in [5.74, 6) is -0.0441. The van der Waals surface area contributed by atoms with Gasteiger partial charge in [0.25, 0.3) is 0 Å². The van der Waals surface area contributed by atoms with Crippen LogP contribution in [0.3, 0.4) is 0 Å². The van der Waals surface area contributed by atoms with Crippen molar-refractivity contribution in [3.05, 3.63) is 70.3 Å². The molecule has 118 valence electrons. The van der Waals surface area contributed by atoms with Crippen molar-refractivity contribution < 1.29 is 4.79 Å². The first-order chi connectivity index (χ1) is 10.9. The van der Waals surface area contributed by atoms with Crippen LogP contribution in [0.4, 0.5) is 5.69 Å². The van der Waals surface area contributed by atoms with E-state index in [9.17, 15) is 4.79 Å². The van der Waals surface area contributed by atoms with Gasteiger partial charge in [0.1, 0.15) is 0 Å². The van der Waals surface area contributed by atoms with Crippen molar-refractivity contribution in [1.29, 1.82) is 0 Å². The van der Waals surface area contributed by atoms with E-state index >= 15 is 0 Å². The van der Waals surface area contributed by atoms with E-state index in [2.05, 4.69) is 17.0 Å². The van der Waals surface area contributed by atoms with Gasteiger partial charge in [-0.05, 0) is 0 Å². The van der Waals surface area contributed by atoms with Crippen molar-refractivity contribution in [2.24, 2.45) is 0 Å². The van der Waals surface area contributed by atoms with Gasteiger partial charge in [-0.2, -0.15) is 0 Å². The van der Waals surface area contributed by atoms with Gasteiger partial charge in [0.15, 0.2) is 0 Å². The molecule has 2 nitrogen and oxygen atoms in total. The zero-order valence-corrected chi connectivity index (χ0v) is 16.1. The van der Waals surface area contributed by atoms with E-state index in [4.69, 9.17) is 34.8 Å². The van der Waals surface area contributed by atoms with Crippen molar-refractivity contribution >= 4 is 65.7 Å². The molecular formula is C17H12Cl3NOSe. The van der Waals surface area contributed by atoms with Crippen LogP contribution in [0.15, 0.2) is 59.2 Å². The summed E-state index contributed by atoms with van der Waals surface area (Å²) in [7, 11) is 1.98. The second-order valence-electron chi connectivity index (χ2n) is 5.05. The van der Waals surface area contributed by atoms with E-state index in [-0.39, 0.29) is 20.7 Å². The molecule has 0 saturated heterocycles. The predicted molar refractivity (Wildman–Crippen MR) is 98.3 cm³/mol. The van der Waals surface area contributed by atoms with E-state index in [1.807, 2.05) is 19.2 Å². The number of allylic oxidation sites excluding steroid dienone is 1. The Hall–Kier alpha value is -0.961. The van der Waals surface area contributed by atoms with Gasteiger partial charge in [0.05, 0.1) is 0 Å². The number of carbonyl (C=O) groups excluding carboxylic acids is 1. The number of carbonyl (C=O) groups is 1. The molecule has 3 rings (SSSR count). The van der Waals surface area contributed by atoms with E-state index in [1.165, 1.54) is 4.46 Å². The molecule has 0 bridgehead atoms. The maximum atomic E-state index is 12.5. The van der Waals surface area contributed by atoms with E-state index in [0.29, 0.717) is 11.1 Å². The van der Waals surface area contributed by atoms with Crippen LogP contribution in [0.5, 0.6) is 0 Å². The maximum absolute atomic E-state index is 12.5. The van der Waals surface area contributed by atoms with Crippen molar-refractivity contribution in [2.45, 2.75) is 3.79 Å². The van der Waals surface area contributed by atoms with Gasteiger partial charge in [0.2, 0.25) is 0 Å². The molecule has 0 aliphatic carbocycles. The summed E-state index contributed by atoms with van der Waals surface area (Å²) in [5.41, 5.74) is 2.29. The Morgan fingerprint density at radius 2 is 1.74 bits per heavy atom.